The first-order chi connectivity index (χ1) is 7.84. The van der Waals surface area contributed by atoms with Crippen molar-refractivity contribution in [3.63, 3.8) is 0 Å². The number of halogens is 1. The molecule has 4 nitrogen and oxygen atoms in total. The fourth-order valence-corrected chi connectivity index (χ4v) is 2.26. The number of anilines is 1. The van der Waals surface area contributed by atoms with Gasteiger partial charge in [-0.2, -0.15) is 0 Å². The SMILES string of the molecule is Clc1ccc2[nH]cc(N3CCNCC3)c2n1. The molecule has 84 valence electrons. The van der Waals surface area contributed by atoms with Crippen molar-refractivity contribution in [2.45, 2.75) is 0 Å². The molecule has 1 aliphatic rings. The highest BCUT2D eigenvalue weighted by Crippen LogP contribution is 2.26. The molecule has 2 N–H and O–H groups in total. The number of nitrogens with one attached hydrogen (secondary N) is 2. The molecule has 1 aliphatic heterocycles. The van der Waals surface area contributed by atoms with Crippen LogP contribution >= 0.6 is 11.6 Å². The van der Waals surface area contributed by atoms with Crippen LogP contribution in [0.2, 0.25) is 5.15 Å². The first-order valence-electron chi connectivity index (χ1n) is 5.44. The largest absolute Gasteiger partial charge is 0.366 e. The topological polar surface area (TPSA) is 44.0 Å². The van der Waals surface area contributed by atoms with Crippen molar-refractivity contribution in [1.82, 2.24) is 15.3 Å². The van der Waals surface area contributed by atoms with Gasteiger partial charge in [0.25, 0.3) is 0 Å². The highest BCUT2D eigenvalue weighted by molar-refractivity contribution is 6.29. The standard InChI is InChI=1S/C11H13ClN4/c12-10-2-1-8-11(15-10)9(7-14-8)16-5-3-13-4-6-16/h1-2,7,13-14H,3-6H2. The molecule has 0 amide bonds. The molecule has 0 aliphatic carbocycles. The second-order valence-corrected chi connectivity index (χ2v) is 4.33. The lowest BCUT2D eigenvalue weighted by Gasteiger charge is -2.28. The van der Waals surface area contributed by atoms with Gasteiger partial charge in [0.2, 0.25) is 0 Å². The smallest absolute Gasteiger partial charge is 0.130 e. The molecule has 0 bridgehead atoms. The van der Waals surface area contributed by atoms with Crippen molar-refractivity contribution in [3.05, 3.63) is 23.5 Å². The van der Waals surface area contributed by atoms with Crippen LogP contribution in [-0.2, 0) is 0 Å². The van der Waals surface area contributed by atoms with E-state index in [1.165, 1.54) is 0 Å². The van der Waals surface area contributed by atoms with Gasteiger partial charge in [0.1, 0.15) is 10.7 Å². The van der Waals surface area contributed by atoms with Gasteiger partial charge in [0.05, 0.1) is 11.2 Å². The summed E-state index contributed by atoms with van der Waals surface area (Å²) in [4.78, 5) is 9.94. The Hall–Kier alpha value is -1.26. The zero-order valence-electron chi connectivity index (χ0n) is 8.83. The predicted molar refractivity (Wildman–Crippen MR) is 66.2 cm³/mol. The lowest BCUT2D eigenvalue weighted by Crippen LogP contribution is -2.43. The highest BCUT2D eigenvalue weighted by Gasteiger charge is 2.15. The molecule has 0 atom stereocenters. The molecule has 0 aromatic carbocycles. The molecule has 1 fully saturated rings. The molecule has 0 unspecified atom stereocenters. The van der Waals surface area contributed by atoms with E-state index in [9.17, 15) is 0 Å². The summed E-state index contributed by atoms with van der Waals surface area (Å²) >= 11 is 5.93. The maximum absolute atomic E-state index is 5.93. The zero-order chi connectivity index (χ0) is 11.0. The number of pyridine rings is 1. The summed E-state index contributed by atoms with van der Waals surface area (Å²) in [5.41, 5.74) is 3.16. The second kappa shape index (κ2) is 3.96. The summed E-state index contributed by atoms with van der Waals surface area (Å²) in [5.74, 6) is 0. The van der Waals surface area contributed by atoms with E-state index in [1.54, 1.807) is 0 Å². The van der Waals surface area contributed by atoms with Crippen LogP contribution in [0.5, 0.6) is 0 Å². The Kier molecular flexibility index (Phi) is 2.46. The van der Waals surface area contributed by atoms with Crippen LogP contribution in [0.15, 0.2) is 18.3 Å². The minimum Gasteiger partial charge on any atom is -0.366 e. The van der Waals surface area contributed by atoms with Gasteiger partial charge in [-0.3, -0.25) is 0 Å². The van der Waals surface area contributed by atoms with E-state index < -0.39 is 0 Å². The van der Waals surface area contributed by atoms with Crippen molar-refractivity contribution >= 4 is 28.3 Å². The molecular formula is C11H13ClN4. The van der Waals surface area contributed by atoms with Crippen LogP contribution < -0.4 is 10.2 Å². The number of hydrogen-bond acceptors (Lipinski definition) is 3. The maximum Gasteiger partial charge on any atom is 0.130 e. The minimum absolute atomic E-state index is 0.545. The summed E-state index contributed by atoms with van der Waals surface area (Å²) in [6, 6.07) is 3.78. The van der Waals surface area contributed by atoms with Gasteiger partial charge >= 0.3 is 0 Å². The van der Waals surface area contributed by atoms with E-state index in [2.05, 4.69) is 20.2 Å². The molecule has 3 rings (SSSR count). The molecule has 5 heteroatoms. The number of fused-ring (bicyclic) bond motifs is 1. The van der Waals surface area contributed by atoms with Gasteiger partial charge in [-0.15, -0.1) is 0 Å². The summed E-state index contributed by atoms with van der Waals surface area (Å²) < 4.78 is 0. The maximum atomic E-state index is 5.93. The lowest BCUT2D eigenvalue weighted by atomic mass is 10.3. The first-order valence-corrected chi connectivity index (χ1v) is 5.82. The van der Waals surface area contributed by atoms with E-state index in [-0.39, 0.29) is 0 Å². The summed E-state index contributed by atoms with van der Waals surface area (Å²) in [6.07, 6.45) is 2.01. The van der Waals surface area contributed by atoms with Gasteiger partial charge in [0.15, 0.2) is 0 Å². The number of rotatable bonds is 1. The van der Waals surface area contributed by atoms with E-state index >= 15 is 0 Å². The number of piperazine rings is 1. The molecule has 2 aromatic rings. The average molecular weight is 237 g/mol. The van der Waals surface area contributed by atoms with Crippen molar-refractivity contribution in [2.24, 2.45) is 0 Å². The molecule has 0 saturated carbocycles. The summed E-state index contributed by atoms with van der Waals surface area (Å²) in [5, 5.41) is 3.88. The summed E-state index contributed by atoms with van der Waals surface area (Å²) in [7, 11) is 0. The van der Waals surface area contributed by atoms with Gasteiger partial charge < -0.3 is 15.2 Å². The number of aromatic amines is 1. The molecule has 3 heterocycles. The van der Waals surface area contributed by atoms with Gasteiger partial charge in [-0.05, 0) is 12.1 Å². The third-order valence-electron chi connectivity index (χ3n) is 2.93. The highest BCUT2D eigenvalue weighted by atomic mass is 35.5. The van der Waals surface area contributed by atoms with E-state index in [1.807, 2.05) is 18.3 Å². The number of H-pyrrole nitrogens is 1. The third kappa shape index (κ3) is 1.64. The Morgan fingerprint density at radius 1 is 1.25 bits per heavy atom. The first kappa shape index (κ1) is 9.93. The van der Waals surface area contributed by atoms with Gasteiger partial charge in [-0.25, -0.2) is 4.98 Å². The molecule has 0 radical (unpaired) electrons. The normalized spacial score (nSPS) is 16.9. The Morgan fingerprint density at radius 2 is 2.06 bits per heavy atom. The van der Waals surface area contributed by atoms with Crippen LogP contribution in [0.1, 0.15) is 0 Å². The Bertz CT molecular complexity index is 502. The van der Waals surface area contributed by atoms with E-state index in [0.717, 1.165) is 42.9 Å². The van der Waals surface area contributed by atoms with Crippen molar-refractivity contribution < 1.29 is 0 Å². The molecule has 1 saturated heterocycles. The number of aromatic nitrogens is 2. The minimum atomic E-state index is 0.545. The van der Waals surface area contributed by atoms with Gasteiger partial charge in [-0.1, -0.05) is 11.6 Å². The number of nitrogens with zero attached hydrogens (tertiary/aromatic N) is 2. The fourth-order valence-electron chi connectivity index (χ4n) is 2.11. The quantitative estimate of drug-likeness (QED) is 0.740. The molecule has 0 spiro atoms. The van der Waals surface area contributed by atoms with Crippen molar-refractivity contribution in [2.75, 3.05) is 31.1 Å². The van der Waals surface area contributed by atoms with Crippen molar-refractivity contribution in [1.29, 1.82) is 0 Å². The Morgan fingerprint density at radius 3 is 2.88 bits per heavy atom. The monoisotopic (exact) mass is 236 g/mol. The second-order valence-electron chi connectivity index (χ2n) is 3.94. The van der Waals surface area contributed by atoms with Crippen molar-refractivity contribution in [3.8, 4) is 0 Å². The predicted octanol–water partition coefficient (Wildman–Crippen LogP) is 1.63. The molecule has 16 heavy (non-hydrogen) atoms. The fraction of sp³-hybridized carbons (Fsp3) is 0.364. The van der Waals surface area contributed by atoms with E-state index in [4.69, 9.17) is 11.6 Å². The zero-order valence-corrected chi connectivity index (χ0v) is 9.59. The van der Waals surface area contributed by atoms with E-state index in [0.29, 0.717) is 5.15 Å². The number of hydrogen-bond donors (Lipinski definition) is 2. The molecular weight excluding hydrogens is 224 g/mol. The lowest BCUT2D eigenvalue weighted by molar-refractivity contribution is 0.590. The van der Waals surface area contributed by atoms with Crippen LogP contribution in [0.4, 0.5) is 5.69 Å². The Balaban J connectivity index is 2.05. The van der Waals surface area contributed by atoms with Gasteiger partial charge in [0, 0.05) is 32.4 Å². The third-order valence-corrected chi connectivity index (χ3v) is 3.14. The van der Waals surface area contributed by atoms with Crippen LogP contribution in [0, 0.1) is 0 Å². The van der Waals surface area contributed by atoms with Crippen LogP contribution in [-0.4, -0.2) is 36.1 Å². The average Bonchev–Trinajstić information content (AvgIpc) is 2.73. The molecule has 2 aromatic heterocycles. The van der Waals surface area contributed by atoms with Crippen LogP contribution in [0.25, 0.3) is 11.0 Å². The Labute approximate surface area is 98.6 Å². The van der Waals surface area contributed by atoms with Crippen LogP contribution in [0.3, 0.4) is 0 Å². The summed E-state index contributed by atoms with van der Waals surface area (Å²) in [6.45, 7) is 4.07.